The SMILES string of the molecule is CCC(CC)C(=O)NCC(=O)Oc1ccc(C)cc1. The van der Waals surface area contributed by atoms with E-state index >= 15 is 0 Å². The standard InChI is InChI=1S/C15H21NO3/c1-4-12(5-2)15(18)16-10-14(17)19-13-8-6-11(3)7-9-13/h6-9,12H,4-5,10H2,1-3H3,(H,16,18). The van der Waals surface area contributed by atoms with Gasteiger partial charge in [-0.2, -0.15) is 0 Å². The Bertz CT molecular complexity index is 422. The van der Waals surface area contributed by atoms with E-state index in [0.717, 1.165) is 18.4 Å². The van der Waals surface area contributed by atoms with Crippen LogP contribution in [0.2, 0.25) is 0 Å². The number of nitrogens with one attached hydrogen (secondary N) is 1. The predicted molar refractivity (Wildman–Crippen MR) is 73.9 cm³/mol. The van der Waals surface area contributed by atoms with Crippen LogP contribution < -0.4 is 10.1 Å². The molecule has 0 aromatic heterocycles. The van der Waals surface area contributed by atoms with Crippen LogP contribution in [0.5, 0.6) is 5.75 Å². The van der Waals surface area contributed by atoms with Gasteiger partial charge in [0, 0.05) is 5.92 Å². The van der Waals surface area contributed by atoms with Gasteiger partial charge in [0.15, 0.2) is 0 Å². The van der Waals surface area contributed by atoms with Crippen molar-refractivity contribution in [2.45, 2.75) is 33.6 Å². The smallest absolute Gasteiger partial charge is 0.330 e. The topological polar surface area (TPSA) is 55.4 Å². The Labute approximate surface area is 114 Å². The Kier molecular flexibility index (Phi) is 6.06. The molecule has 4 nitrogen and oxygen atoms in total. The highest BCUT2D eigenvalue weighted by molar-refractivity contribution is 5.84. The largest absolute Gasteiger partial charge is 0.425 e. The van der Waals surface area contributed by atoms with E-state index in [-0.39, 0.29) is 18.4 Å². The highest BCUT2D eigenvalue weighted by atomic mass is 16.5. The van der Waals surface area contributed by atoms with Gasteiger partial charge in [-0.05, 0) is 31.9 Å². The van der Waals surface area contributed by atoms with E-state index in [4.69, 9.17) is 4.74 Å². The number of amides is 1. The van der Waals surface area contributed by atoms with Crippen molar-refractivity contribution in [3.8, 4) is 5.75 Å². The number of esters is 1. The molecule has 19 heavy (non-hydrogen) atoms. The zero-order valence-corrected chi connectivity index (χ0v) is 11.7. The minimum absolute atomic E-state index is 0.0350. The normalized spacial score (nSPS) is 10.3. The lowest BCUT2D eigenvalue weighted by molar-refractivity contribution is -0.136. The van der Waals surface area contributed by atoms with Crippen molar-refractivity contribution in [1.82, 2.24) is 5.32 Å². The van der Waals surface area contributed by atoms with E-state index in [1.54, 1.807) is 12.1 Å². The second-order valence-corrected chi connectivity index (χ2v) is 4.52. The number of benzene rings is 1. The Morgan fingerprint density at radius 1 is 1.16 bits per heavy atom. The first-order valence-electron chi connectivity index (χ1n) is 6.61. The first kappa shape index (κ1) is 15.2. The third-order valence-electron chi connectivity index (χ3n) is 3.02. The molecule has 1 aromatic carbocycles. The molecule has 0 bridgehead atoms. The molecule has 0 radical (unpaired) electrons. The quantitative estimate of drug-likeness (QED) is 0.633. The second kappa shape index (κ2) is 7.56. The fourth-order valence-electron chi connectivity index (χ4n) is 1.74. The first-order valence-corrected chi connectivity index (χ1v) is 6.61. The number of rotatable bonds is 6. The highest BCUT2D eigenvalue weighted by Crippen LogP contribution is 2.11. The Hall–Kier alpha value is -1.84. The highest BCUT2D eigenvalue weighted by Gasteiger charge is 2.15. The molecule has 0 aliphatic carbocycles. The van der Waals surface area contributed by atoms with Crippen molar-refractivity contribution in [3.63, 3.8) is 0 Å². The molecular weight excluding hydrogens is 242 g/mol. The summed E-state index contributed by atoms with van der Waals surface area (Å²) in [4.78, 5) is 23.3. The lowest BCUT2D eigenvalue weighted by atomic mass is 10.0. The molecule has 0 atom stereocenters. The van der Waals surface area contributed by atoms with Crippen LogP contribution in [0, 0.1) is 12.8 Å². The monoisotopic (exact) mass is 263 g/mol. The number of hydrogen-bond acceptors (Lipinski definition) is 3. The average Bonchev–Trinajstić information content (AvgIpc) is 2.40. The van der Waals surface area contributed by atoms with E-state index in [2.05, 4.69) is 5.32 Å². The number of aryl methyl sites for hydroxylation is 1. The maximum atomic E-state index is 11.7. The molecule has 0 saturated heterocycles. The van der Waals surface area contributed by atoms with E-state index < -0.39 is 5.97 Å². The predicted octanol–water partition coefficient (Wildman–Crippen LogP) is 2.45. The van der Waals surface area contributed by atoms with E-state index in [1.165, 1.54) is 0 Å². The first-order chi connectivity index (χ1) is 9.06. The lowest BCUT2D eigenvalue weighted by Gasteiger charge is -2.12. The fraction of sp³-hybridized carbons (Fsp3) is 0.467. The maximum absolute atomic E-state index is 11.7. The summed E-state index contributed by atoms with van der Waals surface area (Å²) in [5, 5.41) is 2.60. The summed E-state index contributed by atoms with van der Waals surface area (Å²) in [6.07, 6.45) is 1.55. The van der Waals surface area contributed by atoms with Crippen molar-refractivity contribution in [3.05, 3.63) is 29.8 Å². The molecule has 0 unspecified atom stereocenters. The second-order valence-electron chi connectivity index (χ2n) is 4.52. The zero-order valence-electron chi connectivity index (χ0n) is 11.7. The Morgan fingerprint density at radius 2 is 1.74 bits per heavy atom. The van der Waals surface area contributed by atoms with E-state index in [1.807, 2.05) is 32.9 Å². The lowest BCUT2D eigenvalue weighted by Crippen LogP contribution is -2.35. The van der Waals surface area contributed by atoms with Crippen LogP contribution in [0.1, 0.15) is 32.3 Å². The zero-order chi connectivity index (χ0) is 14.3. The fourth-order valence-corrected chi connectivity index (χ4v) is 1.74. The molecule has 0 aliphatic rings. The van der Waals surface area contributed by atoms with Gasteiger partial charge in [0.05, 0.1) is 0 Å². The molecule has 0 spiro atoms. The summed E-state index contributed by atoms with van der Waals surface area (Å²) in [5.74, 6) is -0.0893. The Morgan fingerprint density at radius 3 is 2.26 bits per heavy atom. The summed E-state index contributed by atoms with van der Waals surface area (Å²) in [6, 6.07) is 7.20. The number of ether oxygens (including phenoxy) is 1. The van der Waals surface area contributed by atoms with Crippen LogP contribution in [0.15, 0.2) is 24.3 Å². The van der Waals surface area contributed by atoms with Crippen molar-refractivity contribution < 1.29 is 14.3 Å². The van der Waals surface area contributed by atoms with Gasteiger partial charge in [-0.15, -0.1) is 0 Å². The molecule has 1 amide bonds. The van der Waals surface area contributed by atoms with Crippen molar-refractivity contribution >= 4 is 11.9 Å². The molecule has 0 heterocycles. The molecule has 1 rings (SSSR count). The summed E-state index contributed by atoms with van der Waals surface area (Å²) in [7, 11) is 0. The minimum atomic E-state index is -0.455. The van der Waals surface area contributed by atoms with Crippen molar-refractivity contribution in [2.75, 3.05) is 6.54 Å². The minimum Gasteiger partial charge on any atom is -0.425 e. The van der Waals surface area contributed by atoms with E-state index in [9.17, 15) is 9.59 Å². The third kappa shape index (κ3) is 5.12. The van der Waals surface area contributed by atoms with Gasteiger partial charge in [-0.25, -0.2) is 4.79 Å². The van der Waals surface area contributed by atoms with E-state index in [0.29, 0.717) is 5.75 Å². The van der Waals surface area contributed by atoms with Gasteiger partial charge in [0.2, 0.25) is 5.91 Å². The van der Waals surface area contributed by atoms with Gasteiger partial charge in [0.1, 0.15) is 12.3 Å². The van der Waals surface area contributed by atoms with Crippen molar-refractivity contribution in [1.29, 1.82) is 0 Å². The summed E-state index contributed by atoms with van der Waals surface area (Å²) < 4.78 is 5.11. The number of carbonyl (C=O) groups excluding carboxylic acids is 2. The van der Waals surface area contributed by atoms with Crippen LogP contribution >= 0.6 is 0 Å². The van der Waals surface area contributed by atoms with Crippen LogP contribution in [0.4, 0.5) is 0 Å². The van der Waals surface area contributed by atoms with Gasteiger partial charge in [-0.3, -0.25) is 4.79 Å². The molecule has 0 fully saturated rings. The molecule has 1 N–H and O–H groups in total. The van der Waals surface area contributed by atoms with Gasteiger partial charge < -0.3 is 10.1 Å². The summed E-state index contributed by atoms with van der Waals surface area (Å²) in [5.41, 5.74) is 1.10. The third-order valence-corrected chi connectivity index (χ3v) is 3.02. The van der Waals surface area contributed by atoms with Crippen LogP contribution in [0.25, 0.3) is 0 Å². The number of hydrogen-bond donors (Lipinski definition) is 1. The van der Waals surface area contributed by atoms with Crippen LogP contribution in [0.3, 0.4) is 0 Å². The summed E-state index contributed by atoms with van der Waals surface area (Å²) in [6.45, 7) is 5.78. The molecule has 0 aliphatic heterocycles. The van der Waals surface area contributed by atoms with Gasteiger partial charge in [-0.1, -0.05) is 31.5 Å². The van der Waals surface area contributed by atoms with Crippen LogP contribution in [-0.2, 0) is 9.59 Å². The van der Waals surface area contributed by atoms with Crippen molar-refractivity contribution in [2.24, 2.45) is 5.92 Å². The Balaban J connectivity index is 2.39. The number of carbonyl (C=O) groups is 2. The summed E-state index contributed by atoms with van der Waals surface area (Å²) >= 11 is 0. The molecule has 4 heteroatoms. The maximum Gasteiger partial charge on any atom is 0.330 e. The van der Waals surface area contributed by atoms with Crippen LogP contribution in [-0.4, -0.2) is 18.4 Å². The molecular formula is C15H21NO3. The molecule has 104 valence electrons. The average molecular weight is 263 g/mol. The molecule has 1 aromatic rings. The molecule has 0 saturated carbocycles. The van der Waals surface area contributed by atoms with Gasteiger partial charge >= 0.3 is 5.97 Å². The van der Waals surface area contributed by atoms with Gasteiger partial charge in [0.25, 0.3) is 0 Å².